The fourth-order valence-electron chi connectivity index (χ4n) is 1.40. The van der Waals surface area contributed by atoms with Crippen LogP contribution in [-0.2, 0) is 0 Å². The minimum absolute atomic E-state index is 0.232. The molecule has 1 aromatic carbocycles. The zero-order valence-electron chi connectivity index (χ0n) is 8.40. The van der Waals surface area contributed by atoms with Crippen LogP contribution in [0.25, 0.3) is 11.0 Å². The second-order valence-corrected chi connectivity index (χ2v) is 4.23. The first-order chi connectivity index (χ1) is 7.61. The average molecular weight is 282 g/mol. The first kappa shape index (κ1) is 10.9. The minimum atomic E-state index is -0.509. The molecule has 0 radical (unpaired) electrons. The third-order valence-corrected chi connectivity index (χ3v) is 2.73. The Kier molecular flexibility index (Phi) is 2.78. The van der Waals surface area contributed by atoms with Crippen molar-refractivity contribution in [1.82, 2.24) is 0 Å². The Labute approximate surface area is 99.3 Å². The van der Waals surface area contributed by atoms with Gasteiger partial charge in [0, 0.05) is 9.86 Å². The van der Waals surface area contributed by atoms with Gasteiger partial charge in [0.25, 0.3) is 0 Å². The molecular weight excluding hydrogens is 274 g/mol. The summed E-state index contributed by atoms with van der Waals surface area (Å²) in [5.41, 5.74) is 0.483. The van der Waals surface area contributed by atoms with Crippen molar-refractivity contribution in [3.8, 4) is 0 Å². The fraction of sp³-hybridized carbons (Fsp3) is 0.0909. The van der Waals surface area contributed by atoms with Crippen molar-refractivity contribution in [2.45, 2.75) is 6.92 Å². The number of nitrogens with zero attached hydrogens (tertiary/aromatic N) is 1. The molecule has 0 atom stereocenters. The Hall–Kier alpha value is -1.62. The first-order valence-corrected chi connectivity index (χ1v) is 5.33. The molecule has 0 aliphatic rings. The SMILES string of the molecule is C/C(=N/O)c1cc2cc(Br)ccc2oc1=O. The molecule has 2 rings (SSSR count). The normalized spacial score (nSPS) is 12.0. The van der Waals surface area contributed by atoms with Crippen LogP contribution in [0.1, 0.15) is 12.5 Å². The standard InChI is InChI=1S/C11H8BrNO3/c1-6(13-15)9-5-7-4-8(12)2-3-10(7)16-11(9)14/h2-5,15H,1H3/b13-6-. The van der Waals surface area contributed by atoms with E-state index in [2.05, 4.69) is 21.1 Å². The van der Waals surface area contributed by atoms with Crippen LogP contribution in [-0.4, -0.2) is 10.9 Å². The summed E-state index contributed by atoms with van der Waals surface area (Å²) in [5.74, 6) is 0. The highest BCUT2D eigenvalue weighted by molar-refractivity contribution is 9.10. The van der Waals surface area contributed by atoms with Gasteiger partial charge in [-0.3, -0.25) is 0 Å². The van der Waals surface area contributed by atoms with Crippen LogP contribution in [0.4, 0.5) is 0 Å². The first-order valence-electron chi connectivity index (χ1n) is 4.54. The minimum Gasteiger partial charge on any atom is -0.422 e. The largest absolute Gasteiger partial charge is 0.422 e. The van der Waals surface area contributed by atoms with Crippen LogP contribution in [0, 0.1) is 0 Å². The molecule has 4 nitrogen and oxygen atoms in total. The Balaban J connectivity index is 2.79. The van der Waals surface area contributed by atoms with Gasteiger partial charge in [-0.15, -0.1) is 0 Å². The van der Waals surface area contributed by atoms with Crippen LogP contribution < -0.4 is 5.63 Å². The molecule has 0 spiro atoms. The molecule has 82 valence electrons. The Morgan fingerprint density at radius 3 is 2.88 bits per heavy atom. The summed E-state index contributed by atoms with van der Waals surface area (Å²) >= 11 is 3.33. The highest BCUT2D eigenvalue weighted by Crippen LogP contribution is 2.19. The van der Waals surface area contributed by atoms with Gasteiger partial charge in [-0.2, -0.15) is 0 Å². The zero-order chi connectivity index (χ0) is 11.7. The van der Waals surface area contributed by atoms with E-state index in [-0.39, 0.29) is 11.3 Å². The molecule has 0 saturated heterocycles. The lowest BCUT2D eigenvalue weighted by molar-refractivity contribution is 0.319. The van der Waals surface area contributed by atoms with E-state index in [0.29, 0.717) is 5.58 Å². The fourth-order valence-corrected chi connectivity index (χ4v) is 1.78. The van der Waals surface area contributed by atoms with E-state index in [9.17, 15) is 4.79 Å². The molecule has 5 heteroatoms. The van der Waals surface area contributed by atoms with Crippen LogP contribution in [0.3, 0.4) is 0 Å². The summed E-state index contributed by atoms with van der Waals surface area (Å²) in [6.45, 7) is 1.54. The Morgan fingerprint density at radius 2 is 2.19 bits per heavy atom. The molecule has 0 saturated carbocycles. The second-order valence-electron chi connectivity index (χ2n) is 3.32. The average Bonchev–Trinajstić information content (AvgIpc) is 2.28. The quantitative estimate of drug-likeness (QED) is 0.378. The lowest BCUT2D eigenvalue weighted by Crippen LogP contribution is -2.11. The summed E-state index contributed by atoms with van der Waals surface area (Å²) in [7, 11) is 0. The number of halogens is 1. The van der Waals surface area contributed by atoms with Gasteiger partial charge in [0.15, 0.2) is 0 Å². The van der Waals surface area contributed by atoms with Crippen molar-refractivity contribution in [2.24, 2.45) is 5.16 Å². The highest BCUT2D eigenvalue weighted by atomic mass is 79.9. The van der Waals surface area contributed by atoms with Gasteiger partial charge in [-0.1, -0.05) is 21.1 Å². The lowest BCUT2D eigenvalue weighted by Gasteiger charge is -2.00. The summed E-state index contributed by atoms with van der Waals surface area (Å²) in [6, 6.07) is 6.96. The predicted octanol–water partition coefficient (Wildman–Crippen LogP) is 2.75. The van der Waals surface area contributed by atoms with Crippen molar-refractivity contribution >= 4 is 32.6 Å². The van der Waals surface area contributed by atoms with Crippen molar-refractivity contribution < 1.29 is 9.62 Å². The molecule has 0 unspecified atom stereocenters. The molecule has 0 fully saturated rings. The monoisotopic (exact) mass is 281 g/mol. The van der Waals surface area contributed by atoms with Gasteiger partial charge in [-0.05, 0) is 31.2 Å². The molecule has 0 aliphatic carbocycles. The highest BCUT2D eigenvalue weighted by Gasteiger charge is 2.08. The van der Waals surface area contributed by atoms with E-state index < -0.39 is 5.63 Å². The smallest absolute Gasteiger partial charge is 0.345 e. The van der Waals surface area contributed by atoms with Crippen molar-refractivity contribution in [2.75, 3.05) is 0 Å². The van der Waals surface area contributed by atoms with E-state index in [0.717, 1.165) is 9.86 Å². The van der Waals surface area contributed by atoms with Gasteiger partial charge < -0.3 is 9.62 Å². The third-order valence-electron chi connectivity index (χ3n) is 2.23. The van der Waals surface area contributed by atoms with Crippen molar-refractivity contribution in [3.63, 3.8) is 0 Å². The van der Waals surface area contributed by atoms with E-state index in [4.69, 9.17) is 9.62 Å². The third kappa shape index (κ3) is 1.86. The number of rotatable bonds is 1. The maximum absolute atomic E-state index is 11.5. The Morgan fingerprint density at radius 1 is 1.44 bits per heavy atom. The molecule has 0 bridgehead atoms. The predicted molar refractivity (Wildman–Crippen MR) is 64.2 cm³/mol. The van der Waals surface area contributed by atoms with Crippen LogP contribution in [0.15, 0.2) is 43.1 Å². The van der Waals surface area contributed by atoms with Crippen molar-refractivity contribution in [1.29, 1.82) is 0 Å². The molecule has 2 aromatic rings. The summed E-state index contributed by atoms with van der Waals surface area (Å²) in [5, 5.41) is 12.4. The van der Waals surface area contributed by atoms with E-state index >= 15 is 0 Å². The molecule has 1 heterocycles. The Bertz CT molecular complexity index is 631. The van der Waals surface area contributed by atoms with Crippen LogP contribution in [0.5, 0.6) is 0 Å². The van der Waals surface area contributed by atoms with Crippen LogP contribution >= 0.6 is 15.9 Å². The maximum Gasteiger partial charge on any atom is 0.345 e. The maximum atomic E-state index is 11.5. The molecule has 1 aromatic heterocycles. The summed E-state index contributed by atoms with van der Waals surface area (Å²) in [6.07, 6.45) is 0. The summed E-state index contributed by atoms with van der Waals surface area (Å²) in [4.78, 5) is 11.5. The van der Waals surface area contributed by atoms with Gasteiger partial charge in [0.05, 0.1) is 11.3 Å². The number of hydrogen-bond acceptors (Lipinski definition) is 4. The van der Waals surface area contributed by atoms with E-state index in [1.165, 1.54) is 6.92 Å². The molecule has 0 amide bonds. The molecule has 16 heavy (non-hydrogen) atoms. The van der Waals surface area contributed by atoms with Crippen molar-refractivity contribution in [3.05, 3.63) is 44.7 Å². The van der Waals surface area contributed by atoms with Gasteiger partial charge >= 0.3 is 5.63 Å². The lowest BCUT2D eigenvalue weighted by atomic mass is 10.1. The van der Waals surface area contributed by atoms with Gasteiger partial charge in [0.2, 0.25) is 0 Å². The number of fused-ring (bicyclic) bond motifs is 1. The number of oxime groups is 1. The zero-order valence-corrected chi connectivity index (χ0v) is 9.98. The molecular formula is C11H8BrNO3. The summed E-state index contributed by atoms with van der Waals surface area (Å²) < 4.78 is 5.99. The second kappa shape index (κ2) is 4.09. The number of hydrogen-bond donors (Lipinski definition) is 1. The number of benzene rings is 1. The van der Waals surface area contributed by atoms with E-state index in [1.807, 2.05) is 6.07 Å². The van der Waals surface area contributed by atoms with Gasteiger partial charge in [-0.25, -0.2) is 4.79 Å². The topological polar surface area (TPSA) is 62.8 Å². The van der Waals surface area contributed by atoms with Crippen LogP contribution in [0.2, 0.25) is 0 Å². The van der Waals surface area contributed by atoms with Gasteiger partial charge in [0.1, 0.15) is 5.58 Å². The molecule has 0 aliphatic heterocycles. The van der Waals surface area contributed by atoms with E-state index in [1.54, 1.807) is 18.2 Å². The molecule has 1 N–H and O–H groups in total.